The van der Waals surface area contributed by atoms with Gasteiger partial charge in [0, 0.05) is 0 Å². The van der Waals surface area contributed by atoms with E-state index in [-0.39, 0.29) is 0 Å². The average molecular weight is 538 g/mol. The Morgan fingerprint density at radius 1 is 0.571 bits per heavy atom. The average Bonchev–Trinajstić information content (AvgIpc) is 2.44. The molecule has 0 fully saturated rings. The van der Waals surface area contributed by atoms with Crippen molar-refractivity contribution >= 4 is 63.8 Å². The molecule has 0 radical (unpaired) electrons. The molecule has 0 saturated carbocycles. The maximum atomic E-state index is 11.3. The molecule has 9 heteroatoms. The first-order chi connectivity index (χ1) is 9.36. The topological polar surface area (TPSA) is 34.1 Å². The molecule has 0 heterocycles. The van der Waals surface area contributed by atoms with Gasteiger partial charge in [-0.05, 0) is 37.0 Å². The van der Waals surface area contributed by atoms with Crippen LogP contribution in [0.2, 0.25) is 0 Å². The van der Waals surface area contributed by atoms with Crippen molar-refractivity contribution in [2.24, 2.45) is 0 Å². The molecule has 21 heavy (non-hydrogen) atoms. The second-order valence-electron chi connectivity index (χ2n) is 4.36. The van der Waals surface area contributed by atoms with Gasteiger partial charge in [0.25, 0.3) is 0 Å². The second-order valence-corrected chi connectivity index (χ2v) is 33.2. The van der Waals surface area contributed by atoms with Gasteiger partial charge >= 0.3 is 49.6 Å². The Labute approximate surface area is 150 Å². The van der Waals surface area contributed by atoms with E-state index in [0.717, 1.165) is 37.0 Å². The third-order valence-electron chi connectivity index (χ3n) is 3.46. The second kappa shape index (κ2) is 14.7. The standard InChI is InChI=1S/2C6H15OP.Cl4Te/c2*1-4-8(7,5-2)6-3;1-5(2,3)4/h2*4-6H2,1-3H3;. The molecule has 0 saturated heterocycles. The number of hydrogen-bond donors (Lipinski definition) is 0. The molecule has 134 valence electrons. The number of hydrogen-bond acceptors (Lipinski definition) is 2. The van der Waals surface area contributed by atoms with Gasteiger partial charge in [-0.2, -0.15) is 0 Å². The zero-order valence-electron chi connectivity index (χ0n) is 13.9. The Morgan fingerprint density at radius 3 is 0.667 bits per heavy atom. The molecule has 0 N–H and O–H groups in total. The summed E-state index contributed by atoms with van der Waals surface area (Å²) in [4.78, 5) is 0. The molecule has 0 rings (SSSR count). The first-order valence-electron chi connectivity index (χ1n) is 7.12. The molecule has 0 aliphatic heterocycles. The van der Waals surface area contributed by atoms with Crippen molar-refractivity contribution < 1.29 is 9.13 Å². The van der Waals surface area contributed by atoms with E-state index in [0.29, 0.717) is 0 Å². The minimum atomic E-state index is -3.13. The van der Waals surface area contributed by atoms with E-state index in [1.54, 1.807) is 0 Å². The summed E-state index contributed by atoms with van der Waals surface area (Å²) in [6, 6.07) is 0. The van der Waals surface area contributed by atoms with Gasteiger partial charge < -0.3 is 9.13 Å². The Hall–Kier alpha value is 2.41. The van der Waals surface area contributed by atoms with Gasteiger partial charge in [-0.1, -0.05) is 41.5 Å². The molecular weight excluding hydrogens is 507 g/mol. The van der Waals surface area contributed by atoms with Crippen LogP contribution in [0.25, 0.3) is 0 Å². The number of halogens is 4. The SMILES string of the molecule is CCP(=O)(CC)CC.CCP(=O)(CC)CC.Cl[Te](Cl)(Cl)Cl. The molecular formula is C12H30Cl4O2P2Te. The van der Waals surface area contributed by atoms with E-state index < -0.39 is 28.0 Å². The Kier molecular flexibility index (Phi) is 19.8. The number of rotatable bonds is 6. The van der Waals surface area contributed by atoms with Crippen molar-refractivity contribution in [3.63, 3.8) is 0 Å². The summed E-state index contributed by atoms with van der Waals surface area (Å²) in [6.07, 6.45) is 5.25. The van der Waals surface area contributed by atoms with Gasteiger partial charge in [0.05, 0.1) is 14.3 Å². The normalized spacial score (nSPS) is 12.7. The quantitative estimate of drug-likeness (QED) is 0.265. The molecule has 0 aliphatic rings. The van der Waals surface area contributed by atoms with Crippen molar-refractivity contribution in [1.29, 1.82) is 0 Å². The maximum absolute atomic E-state index is 11.3. The van der Waals surface area contributed by atoms with Crippen LogP contribution in [0.4, 0.5) is 0 Å². The van der Waals surface area contributed by atoms with E-state index in [1.165, 1.54) is 0 Å². The summed E-state index contributed by atoms with van der Waals surface area (Å²) in [5, 5.41) is 0. The van der Waals surface area contributed by atoms with Crippen LogP contribution in [0.15, 0.2) is 0 Å². The molecule has 2 nitrogen and oxygen atoms in total. The summed E-state index contributed by atoms with van der Waals surface area (Å²) in [7, 11) is 16.7. The van der Waals surface area contributed by atoms with E-state index in [2.05, 4.69) is 0 Å². The summed E-state index contributed by atoms with van der Waals surface area (Å²) in [6.45, 7) is 12.0. The van der Waals surface area contributed by atoms with Crippen LogP contribution in [0.5, 0.6) is 0 Å². The van der Waals surface area contributed by atoms with Crippen LogP contribution in [0.1, 0.15) is 41.5 Å². The van der Waals surface area contributed by atoms with Crippen LogP contribution in [0, 0.1) is 0 Å². The molecule has 0 aromatic rings. The van der Waals surface area contributed by atoms with Crippen molar-refractivity contribution in [2.75, 3.05) is 37.0 Å². The molecule has 0 spiro atoms. The zero-order chi connectivity index (χ0) is 17.7. The fraction of sp³-hybridized carbons (Fsp3) is 1.00. The molecule has 0 aromatic heterocycles. The van der Waals surface area contributed by atoms with Crippen molar-refractivity contribution in [1.82, 2.24) is 0 Å². The van der Waals surface area contributed by atoms with Crippen molar-refractivity contribution in [3.8, 4) is 0 Å². The molecule has 0 unspecified atom stereocenters. The Morgan fingerprint density at radius 2 is 0.667 bits per heavy atom. The molecule has 0 amide bonds. The van der Waals surface area contributed by atoms with Gasteiger partial charge in [-0.15, -0.1) is 0 Å². The predicted octanol–water partition coefficient (Wildman–Crippen LogP) is 7.20. The van der Waals surface area contributed by atoms with Gasteiger partial charge in [0.2, 0.25) is 0 Å². The Bertz CT molecular complexity index is 266. The van der Waals surface area contributed by atoms with Crippen LogP contribution in [0.3, 0.4) is 0 Å². The molecule has 0 atom stereocenters. The van der Waals surface area contributed by atoms with Crippen LogP contribution < -0.4 is 0 Å². The summed E-state index contributed by atoms with van der Waals surface area (Å²) in [5.74, 6) is 0. The minimum absolute atomic E-state index is 0.875. The fourth-order valence-corrected chi connectivity index (χ4v) is 4.02. The fourth-order valence-electron chi connectivity index (χ4n) is 1.34. The van der Waals surface area contributed by atoms with Crippen molar-refractivity contribution in [3.05, 3.63) is 0 Å². The zero-order valence-corrected chi connectivity index (χ0v) is 21.0. The third kappa shape index (κ3) is 22.4. The van der Waals surface area contributed by atoms with Crippen LogP contribution >= 0.6 is 50.1 Å². The van der Waals surface area contributed by atoms with E-state index in [1.807, 2.05) is 41.5 Å². The van der Waals surface area contributed by atoms with Gasteiger partial charge in [0.1, 0.15) is 0 Å². The predicted molar refractivity (Wildman–Crippen MR) is 108 cm³/mol. The van der Waals surface area contributed by atoms with E-state index in [4.69, 9.17) is 35.9 Å². The van der Waals surface area contributed by atoms with Crippen LogP contribution in [-0.4, -0.2) is 50.7 Å². The third-order valence-corrected chi connectivity index (χ3v) is 10.4. The molecule has 0 aliphatic carbocycles. The van der Waals surface area contributed by atoms with Crippen LogP contribution in [-0.2, 0) is 9.13 Å². The summed E-state index contributed by atoms with van der Waals surface area (Å²) >= 11 is -3.13. The molecule has 0 bridgehead atoms. The Balaban J connectivity index is -0.000000239. The van der Waals surface area contributed by atoms with E-state index >= 15 is 0 Å². The van der Waals surface area contributed by atoms with Gasteiger partial charge in [-0.25, -0.2) is 0 Å². The van der Waals surface area contributed by atoms with Gasteiger partial charge in [0.15, 0.2) is 0 Å². The molecule has 0 aromatic carbocycles. The van der Waals surface area contributed by atoms with Gasteiger partial charge in [-0.3, -0.25) is 0 Å². The monoisotopic (exact) mass is 538 g/mol. The van der Waals surface area contributed by atoms with Crippen molar-refractivity contribution in [2.45, 2.75) is 41.5 Å². The van der Waals surface area contributed by atoms with E-state index in [9.17, 15) is 9.13 Å². The summed E-state index contributed by atoms with van der Waals surface area (Å²) in [5.41, 5.74) is 0. The first kappa shape index (κ1) is 28.2. The first-order valence-corrected chi connectivity index (χ1v) is 23.5. The summed E-state index contributed by atoms with van der Waals surface area (Å²) < 4.78 is 22.6.